The summed E-state index contributed by atoms with van der Waals surface area (Å²) in [4.78, 5) is 13.9. The Labute approximate surface area is 113 Å². The second-order valence-corrected chi connectivity index (χ2v) is 4.51. The molecule has 1 aromatic heterocycles. The van der Waals surface area contributed by atoms with Crippen molar-refractivity contribution < 1.29 is 22.7 Å². The molecule has 0 amide bonds. The molecule has 2 rings (SSSR count). The van der Waals surface area contributed by atoms with Crippen molar-refractivity contribution in [3.8, 4) is 0 Å². The fourth-order valence-electron chi connectivity index (χ4n) is 2.14. The van der Waals surface area contributed by atoms with E-state index >= 15 is 0 Å². The number of aromatic amines is 1. The molecule has 2 aromatic rings. The third-order valence-electron chi connectivity index (χ3n) is 2.97. The van der Waals surface area contributed by atoms with Gasteiger partial charge in [-0.1, -0.05) is 11.6 Å². The first kappa shape index (κ1) is 14.4. The van der Waals surface area contributed by atoms with Crippen molar-refractivity contribution in [1.82, 2.24) is 4.98 Å². The molecule has 0 atom stereocenters. The maximum atomic E-state index is 13.0. The van der Waals surface area contributed by atoms with E-state index in [2.05, 4.69) is 4.98 Å². The van der Waals surface area contributed by atoms with Gasteiger partial charge in [-0.3, -0.25) is 4.79 Å². The number of rotatable bonds is 3. The van der Waals surface area contributed by atoms with Crippen LogP contribution < -0.4 is 0 Å². The summed E-state index contributed by atoms with van der Waals surface area (Å²) < 4.78 is 43.9. The van der Waals surface area contributed by atoms with Crippen LogP contribution in [0.4, 0.5) is 13.2 Å². The molecule has 108 valence electrons. The number of ether oxygens (including phenoxy) is 1. The van der Waals surface area contributed by atoms with Crippen LogP contribution in [-0.4, -0.2) is 17.6 Å². The predicted octanol–water partition coefficient (Wildman–Crippen LogP) is 3.60. The molecule has 0 aliphatic carbocycles. The summed E-state index contributed by atoms with van der Waals surface area (Å²) in [5.41, 5.74) is 0.248. The fraction of sp³-hybridized carbons (Fsp3) is 0.357. The number of alkyl halides is 3. The summed E-state index contributed by atoms with van der Waals surface area (Å²) in [6.07, 6.45) is -4.93. The number of nitrogens with one attached hydrogen (secondary N) is 1. The van der Waals surface area contributed by atoms with E-state index < -0.39 is 24.3 Å². The maximum absolute atomic E-state index is 13.0. The average Bonchev–Trinajstić information content (AvgIpc) is 2.68. The molecule has 0 radical (unpaired) electrons. The van der Waals surface area contributed by atoms with Gasteiger partial charge in [0, 0.05) is 16.5 Å². The quantitative estimate of drug-likeness (QED) is 0.875. The molecule has 0 unspecified atom stereocenters. The van der Waals surface area contributed by atoms with Crippen LogP contribution in [0.2, 0.25) is 0 Å². The number of hydrogen-bond acceptors (Lipinski definition) is 2. The molecule has 0 saturated heterocycles. The topological polar surface area (TPSA) is 42.1 Å². The third kappa shape index (κ3) is 2.79. The Bertz CT molecular complexity index is 644. The number of carbonyl (C=O) groups is 1. The summed E-state index contributed by atoms with van der Waals surface area (Å²) >= 11 is 0. The highest BCUT2D eigenvalue weighted by molar-refractivity contribution is 5.89. The number of hydrogen-bond donors (Lipinski definition) is 1. The van der Waals surface area contributed by atoms with E-state index in [9.17, 15) is 18.0 Å². The van der Waals surface area contributed by atoms with Gasteiger partial charge in [-0.15, -0.1) is 0 Å². The number of halogens is 3. The van der Waals surface area contributed by atoms with Crippen molar-refractivity contribution >= 4 is 16.9 Å². The Morgan fingerprint density at radius 2 is 2.05 bits per heavy atom. The summed E-state index contributed by atoms with van der Waals surface area (Å²) in [7, 11) is 0. The molecule has 0 spiro atoms. The highest BCUT2D eigenvalue weighted by Gasteiger charge is 2.37. The van der Waals surface area contributed by atoms with E-state index in [0.717, 1.165) is 5.56 Å². The highest BCUT2D eigenvalue weighted by Crippen LogP contribution is 2.36. The number of esters is 1. The second kappa shape index (κ2) is 5.19. The third-order valence-corrected chi connectivity index (χ3v) is 2.97. The minimum atomic E-state index is -4.53. The Kier molecular flexibility index (Phi) is 3.74. The van der Waals surface area contributed by atoms with Gasteiger partial charge >= 0.3 is 12.1 Å². The van der Waals surface area contributed by atoms with E-state index in [4.69, 9.17) is 4.74 Å². The van der Waals surface area contributed by atoms with Gasteiger partial charge in [0.05, 0.1) is 13.0 Å². The van der Waals surface area contributed by atoms with Crippen molar-refractivity contribution in [3.05, 3.63) is 35.0 Å². The first-order valence-electron chi connectivity index (χ1n) is 6.17. The molecule has 3 nitrogen and oxygen atoms in total. The first-order chi connectivity index (χ1) is 9.32. The van der Waals surface area contributed by atoms with Gasteiger partial charge in [-0.05, 0) is 26.0 Å². The Hall–Kier alpha value is -1.98. The lowest BCUT2D eigenvalue weighted by Crippen LogP contribution is -2.13. The largest absolute Gasteiger partial charge is 0.466 e. The molecule has 0 bridgehead atoms. The molecule has 0 aliphatic rings. The number of fused-ring (bicyclic) bond motifs is 1. The summed E-state index contributed by atoms with van der Waals surface area (Å²) in [5.74, 6) is -0.666. The second-order valence-electron chi connectivity index (χ2n) is 4.51. The zero-order valence-electron chi connectivity index (χ0n) is 11.1. The van der Waals surface area contributed by atoms with Crippen LogP contribution in [0.15, 0.2) is 18.2 Å². The van der Waals surface area contributed by atoms with Crippen LogP contribution in [0.3, 0.4) is 0 Å². The minimum absolute atomic E-state index is 0.0605. The molecule has 0 fully saturated rings. The standard InChI is InChI=1S/C14H14F3NO2/c1-3-20-12(19)7-10-9-6-8(2)4-5-11(9)18-13(10)14(15,16)17/h4-6,18H,3,7H2,1-2H3. The number of aromatic nitrogens is 1. The molecule has 1 N–H and O–H groups in total. The molecule has 0 saturated carbocycles. The SMILES string of the molecule is CCOC(=O)Cc1c(C(F)(F)F)[nH]c2ccc(C)cc12. The van der Waals surface area contributed by atoms with Crippen molar-refractivity contribution in [2.24, 2.45) is 0 Å². The normalized spacial score (nSPS) is 11.8. The number of carbonyl (C=O) groups excluding carboxylic acids is 1. The molecule has 0 aliphatic heterocycles. The number of H-pyrrole nitrogens is 1. The first-order valence-corrected chi connectivity index (χ1v) is 6.17. The van der Waals surface area contributed by atoms with E-state index in [0.29, 0.717) is 10.9 Å². The maximum Gasteiger partial charge on any atom is 0.431 e. The van der Waals surface area contributed by atoms with E-state index in [1.807, 2.05) is 0 Å². The van der Waals surface area contributed by atoms with Crippen LogP contribution in [0.5, 0.6) is 0 Å². The van der Waals surface area contributed by atoms with Crippen LogP contribution in [0.1, 0.15) is 23.7 Å². The lowest BCUT2D eigenvalue weighted by atomic mass is 10.1. The van der Waals surface area contributed by atoms with Crippen LogP contribution in [0.25, 0.3) is 10.9 Å². The summed E-state index contributed by atoms with van der Waals surface area (Å²) in [6.45, 7) is 3.54. The zero-order chi connectivity index (χ0) is 14.9. The average molecular weight is 285 g/mol. The van der Waals surface area contributed by atoms with Crippen molar-refractivity contribution in [2.75, 3.05) is 6.61 Å². The molecule has 6 heteroatoms. The monoisotopic (exact) mass is 285 g/mol. The highest BCUT2D eigenvalue weighted by atomic mass is 19.4. The van der Waals surface area contributed by atoms with Gasteiger partial charge in [-0.25, -0.2) is 0 Å². The van der Waals surface area contributed by atoms with Crippen LogP contribution >= 0.6 is 0 Å². The molecular weight excluding hydrogens is 271 g/mol. The fourth-order valence-corrected chi connectivity index (χ4v) is 2.14. The van der Waals surface area contributed by atoms with Gasteiger partial charge in [0.2, 0.25) is 0 Å². The van der Waals surface area contributed by atoms with Gasteiger partial charge < -0.3 is 9.72 Å². The van der Waals surface area contributed by atoms with Crippen molar-refractivity contribution in [1.29, 1.82) is 0 Å². The van der Waals surface area contributed by atoms with Crippen molar-refractivity contribution in [2.45, 2.75) is 26.4 Å². The molecule has 1 aromatic carbocycles. The zero-order valence-corrected chi connectivity index (χ0v) is 11.1. The van der Waals surface area contributed by atoms with Crippen molar-refractivity contribution in [3.63, 3.8) is 0 Å². The molecular formula is C14H14F3NO2. The van der Waals surface area contributed by atoms with E-state index in [-0.39, 0.29) is 12.2 Å². The van der Waals surface area contributed by atoms with Gasteiger partial charge in [0.25, 0.3) is 0 Å². The lowest BCUT2D eigenvalue weighted by Gasteiger charge is -2.08. The van der Waals surface area contributed by atoms with Crippen LogP contribution in [-0.2, 0) is 22.1 Å². The van der Waals surface area contributed by atoms with E-state index in [1.165, 1.54) is 0 Å². The predicted molar refractivity (Wildman–Crippen MR) is 68.4 cm³/mol. The summed E-state index contributed by atoms with van der Waals surface area (Å²) in [5, 5.41) is 0.408. The lowest BCUT2D eigenvalue weighted by molar-refractivity contribution is -0.144. The Morgan fingerprint density at radius 3 is 2.65 bits per heavy atom. The summed E-state index contributed by atoms with van der Waals surface area (Å²) in [6, 6.07) is 4.93. The minimum Gasteiger partial charge on any atom is -0.466 e. The van der Waals surface area contributed by atoms with Crippen LogP contribution in [0, 0.1) is 6.92 Å². The molecule has 20 heavy (non-hydrogen) atoms. The number of benzene rings is 1. The number of aryl methyl sites for hydroxylation is 1. The van der Waals surface area contributed by atoms with Gasteiger partial charge in [0.15, 0.2) is 0 Å². The van der Waals surface area contributed by atoms with E-state index in [1.54, 1.807) is 32.0 Å². The Morgan fingerprint density at radius 1 is 1.35 bits per heavy atom. The molecule has 1 heterocycles. The van der Waals surface area contributed by atoms with Gasteiger partial charge in [-0.2, -0.15) is 13.2 Å². The van der Waals surface area contributed by atoms with Gasteiger partial charge in [0.1, 0.15) is 5.69 Å². The Balaban J connectivity index is 2.57. The smallest absolute Gasteiger partial charge is 0.431 e.